The molecule has 0 saturated heterocycles. The van der Waals surface area contributed by atoms with Crippen molar-refractivity contribution in [3.63, 3.8) is 0 Å². The minimum absolute atomic E-state index is 0.428. The van der Waals surface area contributed by atoms with Crippen LogP contribution >= 0.6 is 0 Å². The zero-order valence-corrected chi connectivity index (χ0v) is 13.6. The minimum Gasteiger partial charge on any atom is -0.366 e. The summed E-state index contributed by atoms with van der Waals surface area (Å²) < 4.78 is 0. The van der Waals surface area contributed by atoms with Crippen molar-refractivity contribution in [2.45, 2.75) is 6.42 Å². The minimum atomic E-state index is -0.428. The van der Waals surface area contributed by atoms with Gasteiger partial charge in [0.25, 0.3) is 0 Å². The average molecular weight is 327 g/mol. The van der Waals surface area contributed by atoms with Gasteiger partial charge in [0.15, 0.2) is 0 Å². The van der Waals surface area contributed by atoms with E-state index < -0.39 is 5.91 Å². The van der Waals surface area contributed by atoms with Gasteiger partial charge in [0, 0.05) is 28.9 Å². The molecule has 4 heteroatoms. The Balaban J connectivity index is 1.76. The maximum atomic E-state index is 11.4. The molecule has 3 N–H and O–H groups in total. The molecule has 0 unspecified atom stereocenters. The monoisotopic (exact) mass is 327 g/mol. The molecule has 0 spiro atoms. The van der Waals surface area contributed by atoms with E-state index in [4.69, 9.17) is 5.73 Å². The summed E-state index contributed by atoms with van der Waals surface area (Å²) in [5, 5.41) is 1.09. The molecular weight excluding hydrogens is 310 g/mol. The van der Waals surface area contributed by atoms with E-state index in [1.807, 2.05) is 42.7 Å². The number of primary amides is 1. The van der Waals surface area contributed by atoms with Gasteiger partial charge in [-0.15, -0.1) is 0 Å². The molecule has 1 amide bonds. The summed E-state index contributed by atoms with van der Waals surface area (Å²) in [5.41, 5.74) is 11.1. The lowest BCUT2D eigenvalue weighted by molar-refractivity contribution is 0.100. The Morgan fingerprint density at radius 1 is 1.00 bits per heavy atom. The van der Waals surface area contributed by atoms with E-state index in [2.05, 4.69) is 28.2 Å². The van der Waals surface area contributed by atoms with Crippen molar-refractivity contribution in [3.8, 4) is 11.1 Å². The largest absolute Gasteiger partial charge is 0.366 e. The molecule has 4 rings (SSSR count). The molecule has 2 aromatic heterocycles. The molecule has 0 aliphatic carbocycles. The first-order valence-electron chi connectivity index (χ1n) is 8.11. The van der Waals surface area contributed by atoms with Crippen LogP contribution in [0.3, 0.4) is 0 Å². The molecule has 0 atom stereocenters. The molecule has 2 heterocycles. The zero-order valence-electron chi connectivity index (χ0n) is 13.6. The van der Waals surface area contributed by atoms with Crippen LogP contribution in [-0.4, -0.2) is 15.9 Å². The lowest BCUT2D eigenvalue weighted by Crippen LogP contribution is -2.10. The number of rotatable bonds is 4. The molecule has 0 saturated carbocycles. The number of hydrogen-bond donors (Lipinski definition) is 2. The number of H-pyrrole nitrogens is 1. The van der Waals surface area contributed by atoms with Crippen molar-refractivity contribution in [2.24, 2.45) is 5.73 Å². The van der Waals surface area contributed by atoms with Gasteiger partial charge in [0.2, 0.25) is 5.91 Å². The summed E-state index contributed by atoms with van der Waals surface area (Å²) in [7, 11) is 0. The second-order valence-electron chi connectivity index (χ2n) is 6.04. The van der Waals surface area contributed by atoms with Crippen LogP contribution in [0.5, 0.6) is 0 Å². The Morgan fingerprint density at radius 3 is 2.64 bits per heavy atom. The third-order valence-corrected chi connectivity index (χ3v) is 4.33. The molecule has 0 fully saturated rings. The molecule has 0 aliphatic heterocycles. The topological polar surface area (TPSA) is 71.8 Å². The van der Waals surface area contributed by atoms with Gasteiger partial charge in [0.05, 0.1) is 0 Å². The first-order chi connectivity index (χ1) is 12.2. The quantitative estimate of drug-likeness (QED) is 0.596. The Morgan fingerprint density at radius 2 is 1.84 bits per heavy atom. The molecule has 25 heavy (non-hydrogen) atoms. The Kier molecular flexibility index (Phi) is 3.78. The van der Waals surface area contributed by atoms with Crippen LogP contribution in [0.2, 0.25) is 0 Å². The summed E-state index contributed by atoms with van der Waals surface area (Å²) in [5.74, 6) is -0.428. The van der Waals surface area contributed by atoms with E-state index in [0.717, 1.165) is 28.6 Å². The summed E-state index contributed by atoms with van der Waals surface area (Å²) in [4.78, 5) is 19.2. The number of carbonyl (C=O) groups excluding carboxylic acids is 1. The van der Waals surface area contributed by atoms with Crippen molar-refractivity contribution < 1.29 is 4.79 Å². The molecule has 2 aromatic carbocycles. The van der Waals surface area contributed by atoms with E-state index in [0.29, 0.717) is 5.56 Å². The lowest BCUT2D eigenvalue weighted by atomic mass is 10.0. The number of nitrogens with two attached hydrogens (primary N) is 1. The summed E-state index contributed by atoms with van der Waals surface area (Å²) >= 11 is 0. The Bertz CT molecular complexity index is 1050. The van der Waals surface area contributed by atoms with E-state index in [1.54, 1.807) is 12.1 Å². The van der Waals surface area contributed by atoms with Gasteiger partial charge in [-0.05, 0) is 41.3 Å². The zero-order chi connectivity index (χ0) is 17.2. The highest BCUT2D eigenvalue weighted by Crippen LogP contribution is 2.26. The lowest BCUT2D eigenvalue weighted by Gasteiger charge is -2.05. The number of hydrogen-bond acceptors (Lipinski definition) is 2. The molecule has 0 aliphatic rings. The Hall–Kier alpha value is -3.40. The highest BCUT2D eigenvalue weighted by molar-refractivity contribution is 5.94. The second kappa shape index (κ2) is 6.24. The van der Waals surface area contributed by atoms with Crippen molar-refractivity contribution in [1.29, 1.82) is 0 Å². The van der Waals surface area contributed by atoms with Crippen LogP contribution in [0.1, 0.15) is 21.5 Å². The van der Waals surface area contributed by atoms with Crippen molar-refractivity contribution in [1.82, 2.24) is 9.97 Å². The van der Waals surface area contributed by atoms with Crippen LogP contribution in [0.25, 0.3) is 22.2 Å². The highest BCUT2D eigenvalue weighted by Gasteiger charge is 2.09. The van der Waals surface area contributed by atoms with Crippen molar-refractivity contribution >= 4 is 16.9 Å². The third kappa shape index (κ3) is 3.02. The van der Waals surface area contributed by atoms with Gasteiger partial charge in [-0.2, -0.15) is 0 Å². The number of pyridine rings is 1. The number of fused-ring (bicyclic) bond motifs is 1. The van der Waals surface area contributed by atoms with Crippen LogP contribution in [0.4, 0.5) is 0 Å². The summed E-state index contributed by atoms with van der Waals surface area (Å²) in [6, 6.07) is 19.8. The average Bonchev–Trinajstić information content (AvgIpc) is 3.05. The van der Waals surface area contributed by atoms with E-state index in [-0.39, 0.29) is 0 Å². The standard InChI is InChI=1S/C21H17N3O/c22-20(25)16-8-4-7-15(10-16)17-11-19-18(13-24-21(19)23-12-17)9-14-5-2-1-3-6-14/h1-8,10-13H,9H2,(H2,22,25)(H,23,24). The van der Waals surface area contributed by atoms with E-state index in [1.165, 1.54) is 11.1 Å². The SMILES string of the molecule is NC(=O)c1cccc(-c2cnc3[nH]cc(Cc4ccccc4)c3c2)c1. The highest BCUT2D eigenvalue weighted by atomic mass is 16.1. The maximum absolute atomic E-state index is 11.4. The number of aromatic nitrogens is 2. The van der Waals surface area contributed by atoms with Crippen LogP contribution in [0.15, 0.2) is 73.1 Å². The number of aromatic amines is 1. The predicted molar refractivity (Wildman–Crippen MR) is 99.3 cm³/mol. The van der Waals surface area contributed by atoms with Gasteiger partial charge < -0.3 is 10.7 Å². The van der Waals surface area contributed by atoms with Gasteiger partial charge >= 0.3 is 0 Å². The number of benzene rings is 2. The van der Waals surface area contributed by atoms with Crippen LogP contribution < -0.4 is 5.73 Å². The Labute approximate surface area is 145 Å². The van der Waals surface area contributed by atoms with Crippen molar-refractivity contribution in [2.75, 3.05) is 0 Å². The van der Waals surface area contributed by atoms with Gasteiger partial charge in [-0.25, -0.2) is 4.98 Å². The molecular formula is C21H17N3O. The van der Waals surface area contributed by atoms with Crippen molar-refractivity contribution in [3.05, 3.63) is 89.7 Å². The number of nitrogens with one attached hydrogen (secondary N) is 1. The fourth-order valence-electron chi connectivity index (χ4n) is 3.03. The fraction of sp³-hybridized carbons (Fsp3) is 0.0476. The van der Waals surface area contributed by atoms with Gasteiger partial charge in [-0.1, -0.05) is 42.5 Å². The van der Waals surface area contributed by atoms with Crippen LogP contribution in [0, 0.1) is 0 Å². The summed E-state index contributed by atoms with van der Waals surface area (Å²) in [6.07, 6.45) is 4.66. The molecule has 4 nitrogen and oxygen atoms in total. The van der Waals surface area contributed by atoms with Crippen LogP contribution in [-0.2, 0) is 6.42 Å². The molecule has 122 valence electrons. The molecule has 0 radical (unpaired) electrons. The van der Waals surface area contributed by atoms with E-state index >= 15 is 0 Å². The first-order valence-corrected chi connectivity index (χ1v) is 8.11. The van der Waals surface area contributed by atoms with E-state index in [9.17, 15) is 4.79 Å². The molecule has 4 aromatic rings. The normalized spacial score (nSPS) is 10.9. The van der Waals surface area contributed by atoms with Gasteiger partial charge in [-0.3, -0.25) is 4.79 Å². The number of nitrogens with zero attached hydrogens (tertiary/aromatic N) is 1. The number of amides is 1. The maximum Gasteiger partial charge on any atom is 0.248 e. The first kappa shape index (κ1) is 15.1. The third-order valence-electron chi connectivity index (χ3n) is 4.33. The smallest absolute Gasteiger partial charge is 0.248 e. The predicted octanol–water partition coefficient (Wildman–Crippen LogP) is 3.92. The number of carbonyl (C=O) groups is 1. The summed E-state index contributed by atoms with van der Waals surface area (Å²) in [6.45, 7) is 0. The molecule has 0 bridgehead atoms. The fourth-order valence-corrected chi connectivity index (χ4v) is 3.03. The second-order valence-corrected chi connectivity index (χ2v) is 6.04. The van der Waals surface area contributed by atoms with Gasteiger partial charge in [0.1, 0.15) is 5.65 Å².